The highest BCUT2D eigenvalue weighted by Crippen LogP contribution is 2.40. The Balaban J connectivity index is 1.78. The van der Waals surface area contributed by atoms with Gasteiger partial charge in [0.25, 0.3) is 5.22 Å². The zero-order chi connectivity index (χ0) is 13.0. The average molecular weight is 271 g/mol. The second-order valence-electron chi connectivity index (χ2n) is 4.22. The number of ether oxygens (including phenoxy) is 1. The molecule has 6 nitrogen and oxygen atoms in total. The van der Waals surface area contributed by atoms with Crippen molar-refractivity contribution in [2.75, 3.05) is 20.3 Å². The van der Waals surface area contributed by atoms with E-state index in [0.717, 1.165) is 12.8 Å². The summed E-state index contributed by atoms with van der Waals surface area (Å²) in [6, 6.07) is 0. The molecule has 0 bridgehead atoms. The molecule has 1 atom stereocenters. The van der Waals surface area contributed by atoms with E-state index in [1.807, 2.05) is 6.92 Å². The molecule has 18 heavy (non-hydrogen) atoms. The van der Waals surface area contributed by atoms with Gasteiger partial charge in [0.15, 0.2) is 0 Å². The molecule has 7 heteroatoms. The summed E-state index contributed by atoms with van der Waals surface area (Å²) in [5, 5.41) is 10.9. The van der Waals surface area contributed by atoms with Crippen LogP contribution < -0.4 is 5.32 Å². The fraction of sp³-hybridized carbons (Fsp3) is 0.727. The van der Waals surface area contributed by atoms with Gasteiger partial charge in [-0.3, -0.25) is 4.79 Å². The minimum Gasteiger partial charge on any atom is -0.416 e. The predicted molar refractivity (Wildman–Crippen MR) is 66.5 cm³/mol. The summed E-state index contributed by atoms with van der Waals surface area (Å²) in [4.78, 5) is 11.7. The van der Waals surface area contributed by atoms with E-state index in [-0.39, 0.29) is 11.2 Å². The van der Waals surface area contributed by atoms with Crippen LogP contribution in [0.5, 0.6) is 0 Å². The summed E-state index contributed by atoms with van der Waals surface area (Å²) < 4.78 is 10.4. The van der Waals surface area contributed by atoms with Crippen molar-refractivity contribution in [2.45, 2.75) is 36.2 Å². The average Bonchev–Trinajstić information content (AvgIpc) is 3.11. The van der Waals surface area contributed by atoms with Gasteiger partial charge >= 0.3 is 0 Å². The van der Waals surface area contributed by atoms with Crippen molar-refractivity contribution >= 4 is 17.7 Å². The molecule has 2 rings (SSSR count). The maximum atomic E-state index is 11.7. The molecule has 0 spiro atoms. The van der Waals surface area contributed by atoms with E-state index in [1.54, 1.807) is 7.11 Å². The molecule has 0 saturated heterocycles. The zero-order valence-electron chi connectivity index (χ0n) is 10.5. The van der Waals surface area contributed by atoms with Crippen molar-refractivity contribution in [1.29, 1.82) is 0 Å². The number of aromatic nitrogens is 2. The molecule has 1 aromatic heterocycles. The van der Waals surface area contributed by atoms with Crippen LogP contribution in [0, 0.1) is 0 Å². The second kappa shape index (κ2) is 6.19. The molecule has 1 aliphatic rings. The van der Waals surface area contributed by atoms with Crippen molar-refractivity contribution in [1.82, 2.24) is 15.5 Å². The Hall–Kier alpha value is -1.08. The van der Waals surface area contributed by atoms with Gasteiger partial charge in [-0.1, -0.05) is 11.8 Å². The number of amides is 1. The number of rotatable bonds is 7. The molecule has 1 N–H and O–H groups in total. The summed E-state index contributed by atoms with van der Waals surface area (Å²) in [6.45, 7) is 2.83. The van der Waals surface area contributed by atoms with Gasteiger partial charge in [-0.15, -0.1) is 10.2 Å². The van der Waals surface area contributed by atoms with Gasteiger partial charge in [-0.25, -0.2) is 0 Å². The van der Waals surface area contributed by atoms with Gasteiger partial charge in [-0.05, 0) is 19.8 Å². The van der Waals surface area contributed by atoms with Gasteiger partial charge < -0.3 is 14.5 Å². The molecule has 1 heterocycles. The molecule has 1 amide bonds. The number of thioether (sulfide) groups is 1. The minimum atomic E-state index is -0.255. The van der Waals surface area contributed by atoms with E-state index in [4.69, 9.17) is 9.15 Å². The van der Waals surface area contributed by atoms with E-state index in [1.165, 1.54) is 11.8 Å². The Labute approximate surface area is 110 Å². The lowest BCUT2D eigenvalue weighted by atomic mass is 10.4. The van der Waals surface area contributed by atoms with Crippen molar-refractivity contribution in [3.63, 3.8) is 0 Å². The molecule has 1 aliphatic carbocycles. The predicted octanol–water partition coefficient (Wildman–Crippen LogP) is 1.19. The summed E-state index contributed by atoms with van der Waals surface area (Å²) in [5.41, 5.74) is 0. The van der Waals surface area contributed by atoms with Crippen LogP contribution in [0.1, 0.15) is 31.6 Å². The van der Waals surface area contributed by atoms with Gasteiger partial charge in [0.1, 0.15) is 0 Å². The Morgan fingerprint density at radius 1 is 1.61 bits per heavy atom. The van der Waals surface area contributed by atoms with Crippen molar-refractivity contribution in [3.05, 3.63) is 5.89 Å². The van der Waals surface area contributed by atoms with Crippen LogP contribution in [-0.2, 0) is 9.53 Å². The van der Waals surface area contributed by atoms with E-state index < -0.39 is 0 Å². The first kappa shape index (κ1) is 13.4. The van der Waals surface area contributed by atoms with Crippen LogP contribution in [0.25, 0.3) is 0 Å². The van der Waals surface area contributed by atoms with Gasteiger partial charge in [-0.2, -0.15) is 0 Å². The van der Waals surface area contributed by atoms with Crippen molar-refractivity contribution in [2.24, 2.45) is 0 Å². The highest BCUT2D eigenvalue weighted by molar-refractivity contribution is 8.00. The molecule has 0 aliphatic heterocycles. The molecule has 100 valence electrons. The third-order valence-corrected chi connectivity index (χ3v) is 3.54. The number of nitrogens with zero attached hydrogens (tertiary/aromatic N) is 2. The molecule has 0 unspecified atom stereocenters. The number of hydrogen-bond acceptors (Lipinski definition) is 6. The highest BCUT2D eigenvalue weighted by atomic mass is 32.2. The van der Waals surface area contributed by atoms with Gasteiger partial charge in [0.2, 0.25) is 11.8 Å². The van der Waals surface area contributed by atoms with Crippen LogP contribution in [-0.4, -0.2) is 41.6 Å². The van der Waals surface area contributed by atoms with Gasteiger partial charge in [0, 0.05) is 19.6 Å². The number of nitrogens with one attached hydrogen (secondary N) is 1. The minimum absolute atomic E-state index is 0.0526. The molecular weight excluding hydrogens is 254 g/mol. The van der Waals surface area contributed by atoms with Crippen LogP contribution >= 0.6 is 11.8 Å². The standard InChI is InChI=1S/C11H17N3O3S/c1-7(9(15)12-5-6-16-2)18-11-14-13-10(17-11)8-3-4-8/h7-8H,3-6H2,1-2H3,(H,12,15)/t7-/m0/s1. The van der Waals surface area contributed by atoms with Crippen molar-refractivity contribution < 1.29 is 13.9 Å². The number of methoxy groups -OCH3 is 1. The van der Waals surface area contributed by atoms with E-state index in [0.29, 0.717) is 30.2 Å². The lowest BCUT2D eigenvalue weighted by Crippen LogP contribution is -2.33. The number of carbonyl (C=O) groups is 1. The molecule has 0 radical (unpaired) electrons. The Morgan fingerprint density at radius 2 is 2.39 bits per heavy atom. The SMILES string of the molecule is COCCNC(=O)[C@H](C)Sc1nnc(C2CC2)o1. The molecule has 1 aromatic rings. The maximum Gasteiger partial charge on any atom is 0.277 e. The normalized spacial score (nSPS) is 16.6. The first-order valence-corrected chi connectivity index (χ1v) is 6.85. The Kier molecular flexibility index (Phi) is 4.60. The largest absolute Gasteiger partial charge is 0.416 e. The molecule has 1 saturated carbocycles. The smallest absolute Gasteiger partial charge is 0.277 e. The lowest BCUT2D eigenvalue weighted by Gasteiger charge is -2.08. The molecule has 1 fully saturated rings. The van der Waals surface area contributed by atoms with Gasteiger partial charge in [0.05, 0.1) is 11.9 Å². The summed E-state index contributed by atoms with van der Waals surface area (Å²) in [5.74, 6) is 1.09. The zero-order valence-corrected chi connectivity index (χ0v) is 11.3. The summed E-state index contributed by atoms with van der Waals surface area (Å²) >= 11 is 1.28. The highest BCUT2D eigenvalue weighted by Gasteiger charge is 2.30. The first-order valence-electron chi connectivity index (χ1n) is 5.97. The van der Waals surface area contributed by atoms with E-state index >= 15 is 0 Å². The molecule has 0 aromatic carbocycles. The van der Waals surface area contributed by atoms with E-state index in [9.17, 15) is 4.79 Å². The van der Waals surface area contributed by atoms with Crippen LogP contribution in [0.2, 0.25) is 0 Å². The fourth-order valence-electron chi connectivity index (χ4n) is 1.39. The third-order valence-electron chi connectivity index (χ3n) is 2.60. The fourth-order valence-corrected chi connectivity index (χ4v) is 2.10. The quantitative estimate of drug-likeness (QED) is 0.593. The Morgan fingerprint density at radius 3 is 3.06 bits per heavy atom. The topological polar surface area (TPSA) is 77.2 Å². The van der Waals surface area contributed by atoms with Crippen LogP contribution in [0.4, 0.5) is 0 Å². The maximum absolute atomic E-state index is 11.7. The Bertz CT molecular complexity index is 406. The number of carbonyl (C=O) groups excluding carboxylic acids is 1. The number of hydrogen-bond donors (Lipinski definition) is 1. The second-order valence-corrected chi connectivity index (χ2v) is 5.52. The summed E-state index contributed by atoms with van der Waals surface area (Å²) in [7, 11) is 1.60. The van der Waals surface area contributed by atoms with E-state index in [2.05, 4.69) is 15.5 Å². The lowest BCUT2D eigenvalue weighted by molar-refractivity contribution is -0.120. The first-order chi connectivity index (χ1) is 8.70. The summed E-state index contributed by atoms with van der Waals surface area (Å²) in [6.07, 6.45) is 2.25. The van der Waals surface area contributed by atoms with Crippen molar-refractivity contribution in [3.8, 4) is 0 Å². The van der Waals surface area contributed by atoms with Crippen LogP contribution in [0.3, 0.4) is 0 Å². The molecular formula is C11H17N3O3S. The third kappa shape index (κ3) is 3.71. The van der Waals surface area contributed by atoms with Crippen LogP contribution in [0.15, 0.2) is 9.64 Å². The monoisotopic (exact) mass is 271 g/mol.